The highest BCUT2D eigenvalue weighted by Crippen LogP contribution is 2.23. The summed E-state index contributed by atoms with van der Waals surface area (Å²) >= 11 is 6.04. The number of carbonyl (C=O) groups excluding carboxylic acids is 1. The SMILES string of the molecule is CN(CCCOc1ccccc1Cl)C(=O)c1cc2c([nH]c1=O)CCCC2. The van der Waals surface area contributed by atoms with Crippen molar-refractivity contribution in [3.63, 3.8) is 0 Å². The lowest BCUT2D eigenvalue weighted by atomic mass is 9.95. The second kappa shape index (κ2) is 8.41. The lowest BCUT2D eigenvalue weighted by molar-refractivity contribution is 0.0786. The maximum atomic E-state index is 12.6. The van der Waals surface area contributed by atoms with Gasteiger partial charge in [0.15, 0.2) is 0 Å². The van der Waals surface area contributed by atoms with Crippen molar-refractivity contribution in [1.29, 1.82) is 0 Å². The van der Waals surface area contributed by atoms with Gasteiger partial charge < -0.3 is 14.6 Å². The maximum absolute atomic E-state index is 12.6. The van der Waals surface area contributed by atoms with Crippen molar-refractivity contribution in [3.05, 3.63) is 62.5 Å². The van der Waals surface area contributed by atoms with Crippen LogP contribution in [0.5, 0.6) is 5.75 Å². The van der Waals surface area contributed by atoms with Crippen molar-refractivity contribution in [3.8, 4) is 5.75 Å². The highest BCUT2D eigenvalue weighted by molar-refractivity contribution is 6.32. The number of ether oxygens (including phenoxy) is 1. The number of rotatable bonds is 6. The zero-order valence-corrected chi connectivity index (χ0v) is 15.6. The predicted octanol–water partition coefficient (Wildman–Crippen LogP) is 3.45. The number of H-pyrrole nitrogens is 1. The third kappa shape index (κ3) is 4.28. The molecule has 0 atom stereocenters. The number of halogens is 1. The van der Waals surface area contributed by atoms with Crippen molar-refractivity contribution in [2.75, 3.05) is 20.2 Å². The largest absolute Gasteiger partial charge is 0.492 e. The molecule has 1 aliphatic carbocycles. The fourth-order valence-electron chi connectivity index (χ4n) is 3.19. The van der Waals surface area contributed by atoms with E-state index in [-0.39, 0.29) is 17.0 Å². The number of pyridine rings is 1. The Morgan fingerprint density at radius 2 is 2.04 bits per heavy atom. The molecule has 0 unspecified atom stereocenters. The van der Waals surface area contributed by atoms with Crippen molar-refractivity contribution in [2.45, 2.75) is 32.1 Å². The number of para-hydroxylation sites is 1. The number of fused-ring (bicyclic) bond motifs is 1. The summed E-state index contributed by atoms with van der Waals surface area (Å²) < 4.78 is 5.63. The van der Waals surface area contributed by atoms with Gasteiger partial charge in [-0.1, -0.05) is 23.7 Å². The lowest BCUT2D eigenvalue weighted by Crippen LogP contribution is -2.34. The third-order valence-electron chi connectivity index (χ3n) is 4.65. The molecule has 1 aromatic carbocycles. The maximum Gasteiger partial charge on any atom is 0.261 e. The molecule has 0 radical (unpaired) electrons. The third-order valence-corrected chi connectivity index (χ3v) is 4.96. The number of hydrogen-bond donors (Lipinski definition) is 1. The van der Waals surface area contributed by atoms with E-state index in [1.807, 2.05) is 18.2 Å². The zero-order valence-electron chi connectivity index (χ0n) is 14.9. The summed E-state index contributed by atoms with van der Waals surface area (Å²) in [6.45, 7) is 0.946. The summed E-state index contributed by atoms with van der Waals surface area (Å²) in [5, 5.41) is 0.567. The number of hydrogen-bond acceptors (Lipinski definition) is 3. The molecule has 2 aromatic rings. The number of nitrogens with one attached hydrogen (secondary N) is 1. The molecule has 0 bridgehead atoms. The number of nitrogens with zero attached hydrogens (tertiary/aromatic N) is 1. The molecule has 0 aliphatic heterocycles. The molecule has 0 saturated carbocycles. The van der Waals surface area contributed by atoms with Crippen molar-refractivity contribution < 1.29 is 9.53 Å². The fraction of sp³-hybridized carbons (Fsp3) is 0.400. The second-order valence-electron chi connectivity index (χ2n) is 6.58. The first kappa shape index (κ1) is 18.5. The minimum Gasteiger partial charge on any atom is -0.492 e. The van der Waals surface area contributed by atoms with E-state index in [9.17, 15) is 9.59 Å². The lowest BCUT2D eigenvalue weighted by Gasteiger charge is -2.19. The molecule has 5 nitrogen and oxygen atoms in total. The molecule has 6 heteroatoms. The van der Waals surface area contributed by atoms with Gasteiger partial charge in [0.25, 0.3) is 11.5 Å². The van der Waals surface area contributed by atoms with Crippen molar-refractivity contribution in [1.82, 2.24) is 9.88 Å². The van der Waals surface area contributed by atoms with Gasteiger partial charge >= 0.3 is 0 Å². The summed E-state index contributed by atoms with van der Waals surface area (Å²) in [6, 6.07) is 9.06. The van der Waals surface area contributed by atoms with Crippen LogP contribution in [0.1, 0.15) is 40.9 Å². The van der Waals surface area contributed by atoms with Crippen LogP contribution in [0.2, 0.25) is 5.02 Å². The van der Waals surface area contributed by atoms with Crippen molar-refractivity contribution in [2.24, 2.45) is 0 Å². The van der Waals surface area contributed by atoms with Gasteiger partial charge in [0, 0.05) is 19.3 Å². The smallest absolute Gasteiger partial charge is 0.261 e. The molecule has 1 amide bonds. The van der Waals surface area contributed by atoms with Gasteiger partial charge in [-0.25, -0.2) is 0 Å². The average Bonchev–Trinajstić information content (AvgIpc) is 2.65. The van der Waals surface area contributed by atoms with E-state index in [1.165, 1.54) is 0 Å². The summed E-state index contributed by atoms with van der Waals surface area (Å²) in [4.78, 5) is 29.3. The van der Waals surface area contributed by atoms with Crippen LogP contribution >= 0.6 is 11.6 Å². The van der Waals surface area contributed by atoms with Gasteiger partial charge in [-0.05, 0) is 55.9 Å². The van der Waals surface area contributed by atoms with Crippen LogP contribution in [0.4, 0.5) is 0 Å². The minimum atomic E-state index is -0.296. The summed E-state index contributed by atoms with van der Waals surface area (Å²) in [6.07, 6.45) is 4.63. The molecule has 0 spiro atoms. The van der Waals surface area contributed by atoms with Crippen LogP contribution in [0.15, 0.2) is 35.1 Å². The monoisotopic (exact) mass is 374 g/mol. The van der Waals surface area contributed by atoms with E-state index >= 15 is 0 Å². The molecule has 138 valence electrons. The number of amides is 1. The van der Waals surface area contributed by atoms with E-state index in [2.05, 4.69) is 4.98 Å². The molecule has 1 heterocycles. The summed E-state index contributed by atoms with van der Waals surface area (Å²) in [7, 11) is 1.71. The average molecular weight is 375 g/mol. The zero-order chi connectivity index (χ0) is 18.5. The van der Waals surface area contributed by atoms with Gasteiger partial charge in [0.05, 0.1) is 11.6 Å². The summed E-state index contributed by atoms with van der Waals surface area (Å²) in [5.41, 5.74) is 2.00. The van der Waals surface area contributed by atoms with E-state index < -0.39 is 0 Å². The van der Waals surface area contributed by atoms with E-state index in [0.717, 1.165) is 36.9 Å². The number of aryl methyl sites for hydroxylation is 2. The highest BCUT2D eigenvalue weighted by Gasteiger charge is 2.19. The molecule has 1 aliphatic rings. The first-order valence-electron chi connectivity index (χ1n) is 8.94. The molecule has 1 aromatic heterocycles. The fourth-order valence-corrected chi connectivity index (χ4v) is 3.38. The molecule has 0 fully saturated rings. The van der Waals surface area contributed by atoms with E-state index in [4.69, 9.17) is 16.3 Å². The first-order valence-corrected chi connectivity index (χ1v) is 9.32. The van der Waals surface area contributed by atoms with Gasteiger partial charge in [0.2, 0.25) is 0 Å². The number of carbonyl (C=O) groups is 1. The van der Waals surface area contributed by atoms with E-state index in [0.29, 0.717) is 30.3 Å². The van der Waals surface area contributed by atoms with Crippen LogP contribution in [-0.4, -0.2) is 36.0 Å². The van der Waals surface area contributed by atoms with Crippen LogP contribution < -0.4 is 10.3 Å². The topological polar surface area (TPSA) is 62.4 Å². The van der Waals surface area contributed by atoms with E-state index in [1.54, 1.807) is 24.1 Å². The molecule has 1 N–H and O–H groups in total. The Balaban J connectivity index is 1.56. The highest BCUT2D eigenvalue weighted by atomic mass is 35.5. The normalized spacial score (nSPS) is 13.2. The Morgan fingerprint density at radius 1 is 1.27 bits per heavy atom. The Bertz CT molecular complexity index is 847. The summed E-state index contributed by atoms with van der Waals surface area (Å²) in [5.74, 6) is 0.381. The molecule has 0 saturated heterocycles. The molecular weight excluding hydrogens is 352 g/mol. The number of aromatic amines is 1. The Kier molecular flexibility index (Phi) is 5.99. The van der Waals surface area contributed by atoms with Crippen LogP contribution in [0, 0.1) is 0 Å². The Hall–Kier alpha value is -2.27. The minimum absolute atomic E-state index is 0.222. The quantitative estimate of drug-likeness (QED) is 0.788. The molecule has 26 heavy (non-hydrogen) atoms. The van der Waals surface area contributed by atoms with Crippen LogP contribution in [0.25, 0.3) is 0 Å². The molecule has 3 rings (SSSR count). The number of benzene rings is 1. The van der Waals surface area contributed by atoms with Gasteiger partial charge in [-0.3, -0.25) is 9.59 Å². The van der Waals surface area contributed by atoms with Gasteiger partial charge in [-0.15, -0.1) is 0 Å². The van der Waals surface area contributed by atoms with Crippen molar-refractivity contribution >= 4 is 17.5 Å². The standard InChI is InChI=1S/C20H23ClN2O3/c1-23(11-6-12-26-18-10-5-3-8-16(18)21)20(25)15-13-14-7-2-4-9-17(14)22-19(15)24/h3,5,8,10,13H,2,4,6-7,9,11-12H2,1H3,(H,22,24). The Morgan fingerprint density at radius 3 is 2.85 bits per heavy atom. The second-order valence-corrected chi connectivity index (χ2v) is 6.99. The van der Waals surface area contributed by atoms with Gasteiger partial charge in [0.1, 0.15) is 11.3 Å². The van der Waals surface area contributed by atoms with Crippen LogP contribution in [-0.2, 0) is 12.8 Å². The van der Waals surface area contributed by atoms with Gasteiger partial charge in [-0.2, -0.15) is 0 Å². The number of aromatic nitrogens is 1. The molecular formula is C20H23ClN2O3. The van der Waals surface area contributed by atoms with Crippen LogP contribution in [0.3, 0.4) is 0 Å². The first-order chi connectivity index (χ1) is 12.6. The predicted molar refractivity (Wildman–Crippen MR) is 102 cm³/mol. The Labute approximate surface area is 157 Å².